The van der Waals surface area contributed by atoms with Crippen molar-refractivity contribution in [2.24, 2.45) is 0 Å². The number of rotatable bonds is 1. The Bertz CT molecular complexity index is 633. The number of carbonyl (C=O) groups is 1. The van der Waals surface area contributed by atoms with Crippen molar-refractivity contribution in [1.82, 2.24) is 0 Å². The predicted octanol–water partition coefficient (Wildman–Crippen LogP) is 3.82. The maximum atomic E-state index is 12.2. The van der Waals surface area contributed by atoms with Crippen LogP contribution >= 0.6 is 0 Å². The topological polar surface area (TPSA) is 17.1 Å². The van der Waals surface area contributed by atoms with Crippen LogP contribution in [0.5, 0.6) is 0 Å². The third-order valence-electron chi connectivity index (χ3n) is 3.35. The Morgan fingerprint density at radius 1 is 1.00 bits per heavy atom. The first-order chi connectivity index (χ1) is 8.74. The van der Waals surface area contributed by atoms with Gasteiger partial charge in [0.25, 0.3) is 0 Å². The lowest BCUT2D eigenvalue weighted by Crippen LogP contribution is -1.94. The summed E-state index contributed by atoms with van der Waals surface area (Å²) in [6.07, 6.45) is 2.75. The number of hydrogen-bond donors (Lipinski definition) is 0. The maximum Gasteiger partial charge on any atom is 0.189 e. The van der Waals surface area contributed by atoms with Crippen molar-refractivity contribution in [2.45, 2.75) is 13.3 Å². The largest absolute Gasteiger partial charge is 0.289 e. The average molecular weight is 234 g/mol. The zero-order valence-corrected chi connectivity index (χ0v) is 10.3. The standard InChI is InChI=1S/C17H14O/c1-12-6-8-13(9-7-12)10-15-11-14-4-2-3-5-16(14)17(15)18/h2-10H,11H2,1H3/b15-10-. The third-order valence-corrected chi connectivity index (χ3v) is 3.35. The molecule has 0 N–H and O–H groups in total. The van der Waals surface area contributed by atoms with Crippen LogP contribution in [-0.2, 0) is 6.42 Å². The highest BCUT2D eigenvalue weighted by molar-refractivity contribution is 6.15. The first-order valence-electron chi connectivity index (χ1n) is 6.14. The van der Waals surface area contributed by atoms with Crippen LogP contribution in [0.4, 0.5) is 0 Å². The molecule has 3 rings (SSSR count). The van der Waals surface area contributed by atoms with E-state index >= 15 is 0 Å². The number of ketones is 1. The van der Waals surface area contributed by atoms with E-state index in [1.165, 1.54) is 5.56 Å². The van der Waals surface area contributed by atoms with Crippen LogP contribution in [0.25, 0.3) is 6.08 Å². The number of aryl methyl sites for hydroxylation is 1. The Morgan fingerprint density at radius 3 is 2.44 bits per heavy atom. The maximum absolute atomic E-state index is 12.2. The van der Waals surface area contributed by atoms with E-state index in [0.717, 1.165) is 28.7 Å². The lowest BCUT2D eigenvalue weighted by molar-refractivity contribution is 0.104. The van der Waals surface area contributed by atoms with Crippen molar-refractivity contribution in [2.75, 3.05) is 0 Å². The molecule has 88 valence electrons. The van der Waals surface area contributed by atoms with Gasteiger partial charge in [-0.3, -0.25) is 4.79 Å². The number of hydrogen-bond acceptors (Lipinski definition) is 1. The summed E-state index contributed by atoms with van der Waals surface area (Å²) in [7, 11) is 0. The van der Waals surface area contributed by atoms with Crippen LogP contribution < -0.4 is 0 Å². The molecule has 0 bridgehead atoms. The first-order valence-corrected chi connectivity index (χ1v) is 6.14. The summed E-state index contributed by atoms with van der Waals surface area (Å²) in [5, 5.41) is 0. The van der Waals surface area contributed by atoms with E-state index in [1.807, 2.05) is 30.3 Å². The summed E-state index contributed by atoms with van der Waals surface area (Å²) in [5.74, 6) is 0.172. The van der Waals surface area contributed by atoms with Crippen molar-refractivity contribution in [3.8, 4) is 0 Å². The zero-order chi connectivity index (χ0) is 12.5. The Morgan fingerprint density at radius 2 is 1.72 bits per heavy atom. The minimum absolute atomic E-state index is 0.172. The van der Waals surface area contributed by atoms with Crippen molar-refractivity contribution in [1.29, 1.82) is 0 Å². The molecule has 0 atom stereocenters. The summed E-state index contributed by atoms with van der Waals surface area (Å²) in [6.45, 7) is 2.06. The van der Waals surface area contributed by atoms with E-state index in [2.05, 4.69) is 31.2 Å². The Hall–Kier alpha value is -2.15. The Kier molecular flexibility index (Phi) is 2.60. The monoisotopic (exact) mass is 234 g/mol. The van der Waals surface area contributed by atoms with E-state index in [0.29, 0.717) is 0 Å². The molecule has 0 saturated heterocycles. The summed E-state index contributed by atoms with van der Waals surface area (Å²) >= 11 is 0. The normalized spacial score (nSPS) is 16.1. The van der Waals surface area contributed by atoms with E-state index in [1.54, 1.807) is 0 Å². The fraction of sp³-hybridized carbons (Fsp3) is 0.118. The van der Waals surface area contributed by atoms with Gasteiger partial charge in [0, 0.05) is 17.6 Å². The molecule has 2 aromatic rings. The number of carbonyl (C=O) groups excluding carboxylic acids is 1. The lowest BCUT2D eigenvalue weighted by Gasteiger charge is -1.97. The molecule has 0 aromatic heterocycles. The Labute approximate surface area is 107 Å². The van der Waals surface area contributed by atoms with Gasteiger partial charge >= 0.3 is 0 Å². The summed E-state index contributed by atoms with van der Waals surface area (Å²) in [4.78, 5) is 12.2. The van der Waals surface area contributed by atoms with Crippen molar-refractivity contribution >= 4 is 11.9 Å². The van der Waals surface area contributed by atoms with Crippen molar-refractivity contribution in [3.05, 3.63) is 76.4 Å². The quantitative estimate of drug-likeness (QED) is 0.685. The molecule has 0 saturated carbocycles. The highest BCUT2D eigenvalue weighted by atomic mass is 16.1. The van der Waals surface area contributed by atoms with E-state index in [9.17, 15) is 4.79 Å². The van der Waals surface area contributed by atoms with Crippen LogP contribution in [0.2, 0.25) is 0 Å². The molecule has 1 nitrogen and oxygen atoms in total. The van der Waals surface area contributed by atoms with Gasteiger partial charge in [-0.2, -0.15) is 0 Å². The van der Waals surface area contributed by atoms with Crippen molar-refractivity contribution in [3.63, 3.8) is 0 Å². The second-order valence-electron chi connectivity index (χ2n) is 4.74. The summed E-state index contributed by atoms with van der Waals surface area (Å²) < 4.78 is 0. The number of fused-ring (bicyclic) bond motifs is 1. The molecular weight excluding hydrogens is 220 g/mol. The van der Waals surface area contributed by atoms with E-state index in [-0.39, 0.29) is 5.78 Å². The Balaban J connectivity index is 1.97. The molecule has 2 aromatic carbocycles. The van der Waals surface area contributed by atoms with E-state index in [4.69, 9.17) is 0 Å². The smallest absolute Gasteiger partial charge is 0.189 e. The van der Waals surface area contributed by atoms with Gasteiger partial charge in [0.2, 0.25) is 0 Å². The molecular formula is C17H14O. The van der Waals surface area contributed by atoms with Gasteiger partial charge in [-0.15, -0.1) is 0 Å². The molecule has 1 aliphatic carbocycles. The third kappa shape index (κ3) is 1.88. The molecule has 0 unspecified atom stereocenters. The number of allylic oxidation sites excluding steroid dienone is 1. The lowest BCUT2D eigenvalue weighted by atomic mass is 10.1. The minimum atomic E-state index is 0.172. The molecule has 1 aliphatic rings. The van der Waals surface area contributed by atoms with E-state index < -0.39 is 0 Å². The van der Waals surface area contributed by atoms with Crippen LogP contribution in [0, 0.1) is 6.92 Å². The molecule has 0 radical (unpaired) electrons. The molecule has 0 fully saturated rings. The van der Waals surface area contributed by atoms with Gasteiger partial charge in [0.05, 0.1) is 0 Å². The molecule has 0 spiro atoms. The van der Waals surface area contributed by atoms with Crippen molar-refractivity contribution < 1.29 is 4.79 Å². The molecule has 0 heterocycles. The molecule has 0 aliphatic heterocycles. The number of Topliss-reactive ketones (excluding diaryl/α,β-unsaturated/α-hetero) is 1. The van der Waals surface area contributed by atoms with Crippen LogP contribution in [0.15, 0.2) is 54.1 Å². The second kappa shape index (κ2) is 4.26. The summed E-state index contributed by atoms with van der Waals surface area (Å²) in [5.41, 5.74) is 5.21. The SMILES string of the molecule is Cc1ccc(/C=C2/Cc3ccccc3C2=O)cc1. The van der Waals surface area contributed by atoms with Gasteiger partial charge in [-0.1, -0.05) is 54.1 Å². The number of benzene rings is 2. The minimum Gasteiger partial charge on any atom is -0.289 e. The van der Waals surface area contributed by atoms with Gasteiger partial charge in [-0.25, -0.2) is 0 Å². The fourth-order valence-electron chi connectivity index (χ4n) is 2.33. The molecule has 1 heteroatoms. The van der Waals surface area contributed by atoms with Crippen LogP contribution in [0.3, 0.4) is 0 Å². The zero-order valence-electron chi connectivity index (χ0n) is 10.3. The average Bonchev–Trinajstić information content (AvgIpc) is 2.70. The van der Waals surface area contributed by atoms with Crippen LogP contribution in [-0.4, -0.2) is 5.78 Å². The molecule has 18 heavy (non-hydrogen) atoms. The van der Waals surface area contributed by atoms with Gasteiger partial charge in [0.1, 0.15) is 0 Å². The predicted molar refractivity (Wildman–Crippen MR) is 73.6 cm³/mol. The highest BCUT2D eigenvalue weighted by Gasteiger charge is 2.23. The van der Waals surface area contributed by atoms with Gasteiger partial charge < -0.3 is 0 Å². The fourth-order valence-corrected chi connectivity index (χ4v) is 2.33. The second-order valence-corrected chi connectivity index (χ2v) is 4.74. The molecule has 0 amide bonds. The van der Waals surface area contributed by atoms with Crippen LogP contribution in [0.1, 0.15) is 27.0 Å². The van der Waals surface area contributed by atoms with Gasteiger partial charge in [-0.05, 0) is 24.1 Å². The van der Waals surface area contributed by atoms with Gasteiger partial charge in [0.15, 0.2) is 5.78 Å². The summed E-state index contributed by atoms with van der Waals surface area (Å²) in [6, 6.07) is 16.1. The highest BCUT2D eigenvalue weighted by Crippen LogP contribution is 2.27. The first kappa shape index (κ1) is 11.0.